The molecule has 1 aliphatic heterocycles. The van der Waals surface area contributed by atoms with Gasteiger partial charge < -0.3 is 9.47 Å². The van der Waals surface area contributed by atoms with E-state index in [1.807, 2.05) is 0 Å². The number of rotatable bonds is 5. The molecule has 4 rings (SSSR count). The molecular formula is C20H16F3N3O5S2. The van der Waals surface area contributed by atoms with Crippen molar-refractivity contribution in [1.29, 1.82) is 0 Å². The fourth-order valence-corrected chi connectivity index (χ4v) is 5.02. The van der Waals surface area contributed by atoms with Gasteiger partial charge in [0.05, 0.1) is 28.9 Å². The third kappa shape index (κ3) is 4.33. The van der Waals surface area contributed by atoms with Crippen LogP contribution in [0.5, 0.6) is 11.5 Å². The van der Waals surface area contributed by atoms with Crippen LogP contribution >= 0.6 is 11.3 Å². The molecule has 1 amide bonds. The number of hydrogen-bond donors (Lipinski definition) is 1. The van der Waals surface area contributed by atoms with E-state index in [4.69, 9.17) is 9.47 Å². The number of carbonyl (C=O) groups is 1. The van der Waals surface area contributed by atoms with E-state index in [9.17, 15) is 26.4 Å². The molecule has 0 bridgehead atoms. The van der Waals surface area contributed by atoms with Crippen LogP contribution in [-0.4, -0.2) is 32.5 Å². The molecular weight excluding hydrogens is 483 g/mol. The molecule has 1 N–H and O–H groups in total. The number of benzene rings is 2. The number of amides is 1. The number of carbonyl (C=O) groups excluding carboxylic acids is 1. The quantitative estimate of drug-likeness (QED) is 0.558. The molecule has 13 heteroatoms. The molecule has 0 aliphatic carbocycles. The number of ether oxygens (including phenoxy) is 2. The van der Waals surface area contributed by atoms with Crippen LogP contribution in [0.2, 0.25) is 0 Å². The first kappa shape index (κ1) is 22.9. The second kappa shape index (κ2) is 8.23. The van der Waals surface area contributed by atoms with Gasteiger partial charge >= 0.3 is 6.18 Å². The number of halogens is 3. The summed E-state index contributed by atoms with van der Waals surface area (Å²) in [6.45, 7) is 1.45. The maximum absolute atomic E-state index is 13.1. The first-order valence-corrected chi connectivity index (χ1v) is 11.7. The molecule has 2 heterocycles. The molecule has 1 atom stereocenters. The lowest BCUT2D eigenvalue weighted by Gasteiger charge is -2.34. The first-order chi connectivity index (χ1) is 15.5. The zero-order valence-corrected chi connectivity index (χ0v) is 18.7. The van der Waals surface area contributed by atoms with Crippen LogP contribution in [0.4, 0.5) is 29.7 Å². The highest BCUT2D eigenvalue weighted by Gasteiger charge is 2.37. The Bertz CT molecular complexity index is 1310. The van der Waals surface area contributed by atoms with Crippen LogP contribution in [0.25, 0.3) is 0 Å². The minimum Gasteiger partial charge on any atom is -0.495 e. The largest absolute Gasteiger partial charge is 0.495 e. The zero-order valence-electron chi connectivity index (χ0n) is 17.1. The number of aromatic nitrogens is 1. The van der Waals surface area contributed by atoms with Gasteiger partial charge in [-0.05, 0) is 37.3 Å². The summed E-state index contributed by atoms with van der Waals surface area (Å²) in [6, 6.07) is 6.58. The molecule has 8 nitrogen and oxygen atoms in total. The first-order valence-electron chi connectivity index (χ1n) is 9.33. The Hall–Kier alpha value is -3.32. The predicted molar refractivity (Wildman–Crippen MR) is 115 cm³/mol. The smallest absolute Gasteiger partial charge is 0.416 e. The molecule has 0 fully saturated rings. The fraction of sp³-hybridized carbons (Fsp3) is 0.200. The molecule has 1 aromatic heterocycles. The Labute approximate surface area is 190 Å². The van der Waals surface area contributed by atoms with E-state index < -0.39 is 33.8 Å². The van der Waals surface area contributed by atoms with Gasteiger partial charge in [-0.2, -0.15) is 13.2 Å². The van der Waals surface area contributed by atoms with Crippen molar-refractivity contribution in [2.45, 2.75) is 24.1 Å². The van der Waals surface area contributed by atoms with Gasteiger partial charge in [-0.15, -0.1) is 11.3 Å². The fourth-order valence-electron chi connectivity index (χ4n) is 3.22. The molecule has 33 heavy (non-hydrogen) atoms. The second-order valence-electron chi connectivity index (χ2n) is 6.89. The highest BCUT2D eigenvalue weighted by molar-refractivity contribution is 7.93. The molecule has 3 aromatic rings. The van der Waals surface area contributed by atoms with Gasteiger partial charge in [0.25, 0.3) is 15.9 Å². The van der Waals surface area contributed by atoms with Crippen LogP contribution < -0.4 is 19.1 Å². The summed E-state index contributed by atoms with van der Waals surface area (Å²) in [5, 5.41) is 1.78. The van der Waals surface area contributed by atoms with Gasteiger partial charge in [-0.1, -0.05) is 0 Å². The van der Waals surface area contributed by atoms with Gasteiger partial charge in [0, 0.05) is 17.6 Å². The topological polar surface area (TPSA) is 97.8 Å². The number of methoxy groups -OCH3 is 1. The van der Waals surface area contributed by atoms with Crippen LogP contribution in [0.3, 0.4) is 0 Å². The van der Waals surface area contributed by atoms with Crippen molar-refractivity contribution in [1.82, 2.24) is 4.98 Å². The summed E-state index contributed by atoms with van der Waals surface area (Å²) in [6.07, 6.45) is -4.18. The number of fused-ring (bicyclic) bond motifs is 1. The predicted octanol–water partition coefficient (Wildman–Crippen LogP) is 4.42. The standard InChI is InChI=1S/C20H16F3N3O5S2/c1-11-18(27)26(14-5-3-12(20(21,22)23)9-16(14)30-2)15-6-4-13(10-17(15)31-11)33(28,29)25-19-24-7-8-32-19/h3-11H,1-2H3,(H,24,25). The van der Waals surface area contributed by atoms with E-state index in [0.29, 0.717) is 0 Å². The van der Waals surface area contributed by atoms with E-state index in [2.05, 4.69) is 9.71 Å². The minimum atomic E-state index is -4.60. The number of nitrogens with zero attached hydrogens (tertiary/aromatic N) is 2. The van der Waals surface area contributed by atoms with E-state index in [1.165, 1.54) is 38.4 Å². The number of nitrogens with one attached hydrogen (secondary N) is 1. The third-order valence-corrected chi connectivity index (χ3v) is 6.91. The summed E-state index contributed by atoms with van der Waals surface area (Å²) in [5.74, 6) is -0.677. The molecule has 174 valence electrons. The molecule has 1 aliphatic rings. The zero-order chi connectivity index (χ0) is 24.0. The highest BCUT2D eigenvalue weighted by Crippen LogP contribution is 2.45. The Morgan fingerprint density at radius 3 is 2.55 bits per heavy atom. The average molecular weight is 499 g/mol. The van der Waals surface area contributed by atoms with Gasteiger partial charge in [-0.25, -0.2) is 13.4 Å². The van der Waals surface area contributed by atoms with Crippen molar-refractivity contribution in [2.24, 2.45) is 0 Å². The number of hydrogen-bond acceptors (Lipinski definition) is 7. The van der Waals surface area contributed by atoms with Crippen LogP contribution in [0.1, 0.15) is 12.5 Å². The summed E-state index contributed by atoms with van der Waals surface area (Å²) < 4.78 is 77.9. The summed E-state index contributed by atoms with van der Waals surface area (Å²) in [4.78, 5) is 17.8. The number of thiazole rings is 1. The van der Waals surface area contributed by atoms with Gasteiger partial charge in [-0.3, -0.25) is 14.4 Å². The summed E-state index contributed by atoms with van der Waals surface area (Å²) >= 11 is 1.10. The number of anilines is 3. The molecule has 0 radical (unpaired) electrons. The van der Waals surface area contributed by atoms with Crippen molar-refractivity contribution in [3.63, 3.8) is 0 Å². The molecule has 2 aromatic carbocycles. The summed E-state index contributed by atoms with van der Waals surface area (Å²) in [7, 11) is -2.81. The SMILES string of the molecule is COc1cc(C(F)(F)F)ccc1N1C(=O)C(C)Oc2cc(S(=O)(=O)Nc3nccs3)ccc21. The van der Waals surface area contributed by atoms with Crippen LogP contribution in [0, 0.1) is 0 Å². The molecule has 0 spiro atoms. The van der Waals surface area contributed by atoms with Crippen molar-refractivity contribution in [3.05, 3.63) is 53.5 Å². The van der Waals surface area contributed by atoms with Crippen molar-refractivity contribution in [3.8, 4) is 11.5 Å². The molecule has 1 unspecified atom stereocenters. The van der Waals surface area contributed by atoms with Gasteiger partial charge in [0.15, 0.2) is 11.2 Å². The minimum absolute atomic E-state index is 0.0587. The lowest BCUT2D eigenvalue weighted by Crippen LogP contribution is -2.41. The van der Waals surface area contributed by atoms with Crippen molar-refractivity contribution in [2.75, 3.05) is 16.7 Å². The Morgan fingerprint density at radius 2 is 1.91 bits per heavy atom. The molecule has 0 saturated heterocycles. The van der Waals surface area contributed by atoms with Crippen LogP contribution in [0.15, 0.2) is 52.9 Å². The summed E-state index contributed by atoms with van der Waals surface area (Å²) in [5.41, 5.74) is -0.723. The van der Waals surface area contributed by atoms with Crippen LogP contribution in [-0.2, 0) is 21.0 Å². The van der Waals surface area contributed by atoms with Crippen molar-refractivity contribution >= 4 is 43.8 Å². The highest BCUT2D eigenvalue weighted by atomic mass is 32.2. The van der Waals surface area contributed by atoms with Gasteiger partial charge in [0.1, 0.15) is 11.5 Å². The third-order valence-electron chi connectivity index (χ3n) is 4.76. The van der Waals surface area contributed by atoms with Gasteiger partial charge in [0.2, 0.25) is 0 Å². The average Bonchev–Trinajstić information content (AvgIpc) is 3.25. The maximum atomic E-state index is 13.1. The Kier molecular flexibility index (Phi) is 5.70. The van der Waals surface area contributed by atoms with Crippen molar-refractivity contribution < 1.29 is 35.9 Å². The van der Waals surface area contributed by atoms with E-state index in [1.54, 1.807) is 5.38 Å². The Balaban J connectivity index is 1.78. The van der Waals surface area contributed by atoms with E-state index >= 15 is 0 Å². The number of alkyl halides is 3. The monoisotopic (exact) mass is 499 g/mol. The normalized spacial score (nSPS) is 16.2. The van der Waals surface area contributed by atoms with E-state index in [0.717, 1.165) is 34.4 Å². The lowest BCUT2D eigenvalue weighted by atomic mass is 10.1. The Morgan fingerprint density at radius 1 is 1.18 bits per heavy atom. The second-order valence-corrected chi connectivity index (χ2v) is 9.47. The maximum Gasteiger partial charge on any atom is 0.416 e. The molecule has 0 saturated carbocycles. The van der Waals surface area contributed by atoms with E-state index in [-0.39, 0.29) is 32.9 Å². The number of sulfonamides is 1. The lowest BCUT2D eigenvalue weighted by molar-refractivity contribution is -0.137.